The van der Waals surface area contributed by atoms with Crippen molar-refractivity contribution in [3.8, 4) is 5.88 Å². The minimum atomic E-state index is -0.0854. The van der Waals surface area contributed by atoms with Crippen LogP contribution in [0.15, 0.2) is 12.3 Å². The maximum Gasteiger partial charge on any atom is 0.317 e. The number of piperidine rings is 1. The van der Waals surface area contributed by atoms with Gasteiger partial charge in [0.2, 0.25) is 5.88 Å². The number of rotatable bonds is 4. The predicted molar refractivity (Wildman–Crippen MR) is 76.1 cm³/mol. The molecule has 1 unspecified atom stereocenters. The van der Waals surface area contributed by atoms with E-state index in [0.717, 1.165) is 19.4 Å². The number of likely N-dealkylation sites (tertiary alicyclic amines) is 1. The van der Waals surface area contributed by atoms with Gasteiger partial charge in [0.15, 0.2) is 0 Å². The van der Waals surface area contributed by atoms with Crippen LogP contribution < -0.4 is 10.1 Å². The quantitative estimate of drug-likeness (QED) is 0.857. The highest BCUT2D eigenvalue weighted by Crippen LogP contribution is 2.16. The third-order valence-corrected chi connectivity index (χ3v) is 3.26. The highest BCUT2D eigenvalue weighted by Gasteiger charge is 2.24. The summed E-state index contributed by atoms with van der Waals surface area (Å²) < 4.78 is 5.82. The van der Waals surface area contributed by atoms with E-state index in [9.17, 15) is 4.79 Å². The number of halogens is 1. The molecule has 0 aliphatic carbocycles. The molecule has 1 fully saturated rings. The average Bonchev–Trinajstić information content (AvgIpc) is 2.45. The van der Waals surface area contributed by atoms with E-state index in [1.165, 1.54) is 0 Å². The highest BCUT2D eigenvalue weighted by atomic mass is 35.5. The fourth-order valence-corrected chi connectivity index (χ4v) is 2.25. The Morgan fingerprint density at radius 2 is 2.50 bits per heavy atom. The van der Waals surface area contributed by atoms with Crippen molar-refractivity contribution in [2.75, 3.05) is 25.5 Å². The maximum absolute atomic E-state index is 11.9. The van der Waals surface area contributed by atoms with Gasteiger partial charge in [0.25, 0.3) is 0 Å². The number of urea groups is 1. The fourth-order valence-electron chi connectivity index (χ4n) is 2.16. The summed E-state index contributed by atoms with van der Waals surface area (Å²) in [6, 6.07) is 1.65. The first-order valence-electron chi connectivity index (χ1n) is 6.74. The van der Waals surface area contributed by atoms with Gasteiger partial charge < -0.3 is 15.0 Å². The Morgan fingerprint density at radius 3 is 3.25 bits per heavy atom. The predicted octanol–water partition coefficient (Wildman–Crippen LogP) is 1.58. The highest BCUT2D eigenvalue weighted by molar-refractivity contribution is 6.18. The minimum Gasteiger partial charge on any atom is -0.472 e. The molecule has 1 saturated heterocycles. The van der Waals surface area contributed by atoms with E-state index >= 15 is 0 Å². The van der Waals surface area contributed by atoms with Crippen LogP contribution in [0.4, 0.5) is 4.79 Å². The summed E-state index contributed by atoms with van der Waals surface area (Å²) in [7, 11) is 0. The van der Waals surface area contributed by atoms with Crippen molar-refractivity contribution in [1.29, 1.82) is 0 Å². The van der Waals surface area contributed by atoms with E-state index < -0.39 is 0 Å². The molecular weight excluding hydrogens is 280 g/mol. The van der Waals surface area contributed by atoms with Crippen LogP contribution in [-0.4, -0.2) is 52.5 Å². The first-order chi connectivity index (χ1) is 9.69. The van der Waals surface area contributed by atoms with Gasteiger partial charge in [-0.25, -0.2) is 9.78 Å². The standard InChI is InChI=1S/C13H19ClN4O2/c1-10-15-6-4-12(17-10)20-11-3-2-8-18(9-11)13(19)16-7-5-14/h4,6,11H,2-3,5,7-9H2,1H3,(H,16,19). The molecule has 110 valence electrons. The van der Waals surface area contributed by atoms with Gasteiger partial charge in [0.1, 0.15) is 11.9 Å². The zero-order chi connectivity index (χ0) is 14.4. The number of amides is 2. The normalized spacial score (nSPS) is 18.7. The third kappa shape index (κ3) is 4.23. The smallest absolute Gasteiger partial charge is 0.317 e. The summed E-state index contributed by atoms with van der Waals surface area (Å²) in [6.07, 6.45) is 3.48. The van der Waals surface area contributed by atoms with Gasteiger partial charge in [-0.1, -0.05) is 0 Å². The largest absolute Gasteiger partial charge is 0.472 e. The molecule has 2 heterocycles. The first kappa shape index (κ1) is 14.8. The van der Waals surface area contributed by atoms with E-state index in [1.54, 1.807) is 17.2 Å². The lowest BCUT2D eigenvalue weighted by molar-refractivity contribution is 0.0978. The van der Waals surface area contributed by atoms with Crippen molar-refractivity contribution in [2.45, 2.75) is 25.9 Å². The Bertz CT molecular complexity index is 458. The van der Waals surface area contributed by atoms with E-state index in [-0.39, 0.29) is 12.1 Å². The molecule has 0 aromatic carbocycles. The number of alkyl halides is 1. The number of hydrogen-bond donors (Lipinski definition) is 1. The van der Waals surface area contributed by atoms with Crippen LogP contribution in [0.1, 0.15) is 18.7 Å². The van der Waals surface area contributed by atoms with E-state index in [4.69, 9.17) is 16.3 Å². The van der Waals surface area contributed by atoms with Crippen molar-refractivity contribution < 1.29 is 9.53 Å². The second kappa shape index (κ2) is 7.28. The van der Waals surface area contributed by atoms with E-state index in [2.05, 4.69) is 15.3 Å². The molecule has 1 aromatic heterocycles. The molecular formula is C13H19ClN4O2. The zero-order valence-corrected chi connectivity index (χ0v) is 12.3. The number of aryl methyl sites for hydroxylation is 1. The molecule has 0 saturated carbocycles. The molecule has 2 amide bonds. The maximum atomic E-state index is 11.9. The molecule has 7 heteroatoms. The second-order valence-corrected chi connectivity index (χ2v) is 5.07. The molecule has 1 aliphatic heterocycles. The molecule has 20 heavy (non-hydrogen) atoms. The van der Waals surface area contributed by atoms with Crippen molar-refractivity contribution in [3.05, 3.63) is 18.1 Å². The summed E-state index contributed by atoms with van der Waals surface area (Å²) in [5.41, 5.74) is 0. The summed E-state index contributed by atoms with van der Waals surface area (Å²) >= 11 is 5.56. The molecule has 0 spiro atoms. The fraction of sp³-hybridized carbons (Fsp3) is 0.615. The summed E-state index contributed by atoms with van der Waals surface area (Å²) in [5, 5.41) is 2.77. The molecule has 1 atom stereocenters. The van der Waals surface area contributed by atoms with Crippen LogP contribution >= 0.6 is 11.6 Å². The van der Waals surface area contributed by atoms with Crippen LogP contribution in [0, 0.1) is 6.92 Å². The number of nitrogens with zero attached hydrogens (tertiary/aromatic N) is 3. The van der Waals surface area contributed by atoms with Gasteiger partial charge in [-0.15, -0.1) is 11.6 Å². The van der Waals surface area contributed by atoms with Crippen LogP contribution in [0.3, 0.4) is 0 Å². The number of carbonyl (C=O) groups excluding carboxylic acids is 1. The Kier molecular flexibility index (Phi) is 5.40. The molecule has 0 radical (unpaired) electrons. The van der Waals surface area contributed by atoms with Gasteiger partial charge in [0, 0.05) is 31.2 Å². The van der Waals surface area contributed by atoms with Crippen LogP contribution in [0.2, 0.25) is 0 Å². The lowest BCUT2D eigenvalue weighted by Gasteiger charge is -2.32. The molecule has 2 rings (SSSR count). The molecule has 0 bridgehead atoms. The van der Waals surface area contributed by atoms with Crippen LogP contribution in [0.25, 0.3) is 0 Å². The van der Waals surface area contributed by atoms with Crippen molar-refractivity contribution in [2.24, 2.45) is 0 Å². The van der Waals surface area contributed by atoms with Gasteiger partial charge in [-0.3, -0.25) is 0 Å². The number of aromatic nitrogens is 2. The summed E-state index contributed by atoms with van der Waals surface area (Å²) in [6.45, 7) is 3.61. The summed E-state index contributed by atoms with van der Waals surface area (Å²) in [4.78, 5) is 21.9. The Morgan fingerprint density at radius 1 is 1.65 bits per heavy atom. The van der Waals surface area contributed by atoms with Crippen molar-refractivity contribution >= 4 is 17.6 Å². The van der Waals surface area contributed by atoms with Crippen LogP contribution in [-0.2, 0) is 0 Å². The second-order valence-electron chi connectivity index (χ2n) is 4.69. The van der Waals surface area contributed by atoms with Gasteiger partial charge in [-0.2, -0.15) is 4.98 Å². The lowest BCUT2D eigenvalue weighted by atomic mass is 10.1. The monoisotopic (exact) mass is 298 g/mol. The molecule has 1 aliphatic rings. The van der Waals surface area contributed by atoms with Crippen molar-refractivity contribution in [1.82, 2.24) is 20.2 Å². The molecule has 1 aromatic rings. The van der Waals surface area contributed by atoms with Gasteiger partial charge in [-0.05, 0) is 19.8 Å². The number of hydrogen-bond acceptors (Lipinski definition) is 4. The Labute approximate surface area is 123 Å². The minimum absolute atomic E-state index is 0.0280. The number of nitrogens with one attached hydrogen (secondary N) is 1. The van der Waals surface area contributed by atoms with Gasteiger partial charge in [0.05, 0.1) is 6.54 Å². The lowest BCUT2D eigenvalue weighted by Crippen LogP contribution is -2.48. The third-order valence-electron chi connectivity index (χ3n) is 3.07. The van der Waals surface area contributed by atoms with Crippen LogP contribution in [0.5, 0.6) is 5.88 Å². The average molecular weight is 299 g/mol. The summed E-state index contributed by atoms with van der Waals surface area (Å²) in [5.74, 6) is 1.65. The topological polar surface area (TPSA) is 67.3 Å². The zero-order valence-electron chi connectivity index (χ0n) is 11.5. The molecule has 1 N–H and O–H groups in total. The number of ether oxygens (including phenoxy) is 1. The number of carbonyl (C=O) groups is 1. The van der Waals surface area contributed by atoms with E-state index in [0.29, 0.717) is 30.7 Å². The Balaban J connectivity index is 1.88. The van der Waals surface area contributed by atoms with Gasteiger partial charge >= 0.3 is 6.03 Å². The first-order valence-corrected chi connectivity index (χ1v) is 7.27. The molecule has 6 nitrogen and oxygen atoms in total. The van der Waals surface area contributed by atoms with E-state index in [1.807, 2.05) is 6.92 Å². The van der Waals surface area contributed by atoms with Crippen molar-refractivity contribution in [3.63, 3.8) is 0 Å². The SMILES string of the molecule is Cc1nccc(OC2CCCN(C(=O)NCCCl)C2)n1. The Hall–Kier alpha value is -1.56.